The molecule has 0 N–H and O–H groups in total. The number of alkyl halides is 2. The summed E-state index contributed by atoms with van der Waals surface area (Å²) in [6.45, 7) is -1.43. The summed E-state index contributed by atoms with van der Waals surface area (Å²) in [6.07, 6.45) is 9.10. The van der Waals surface area contributed by atoms with E-state index in [9.17, 15) is 8.78 Å². The van der Waals surface area contributed by atoms with Gasteiger partial charge in [0.1, 0.15) is 5.75 Å². The third-order valence-electron chi connectivity index (χ3n) is 3.00. The van der Waals surface area contributed by atoms with E-state index in [4.69, 9.17) is 9.47 Å². The van der Waals surface area contributed by atoms with Gasteiger partial charge in [-0.05, 0) is 30.0 Å². The zero-order chi connectivity index (χ0) is 15.8. The van der Waals surface area contributed by atoms with E-state index in [2.05, 4.69) is 4.74 Å². The third kappa shape index (κ3) is 5.79. The van der Waals surface area contributed by atoms with Gasteiger partial charge >= 0.3 is 6.61 Å². The molecule has 1 aliphatic rings. The Morgan fingerprint density at radius 1 is 1.18 bits per heavy atom. The van der Waals surface area contributed by atoms with E-state index < -0.39 is 6.61 Å². The van der Waals surface area contributed by atoms with E-state index in [1.54, 1.807) is 23.9 Å². The van der Waals surface area contributed by atoms with Crippen molar-refractivity contribution in [1.82, 2.24) is 0 Å². The lowest BCUT2D eigenvalue weighted by Gasteiger charge is -2.26. The van der Waals surface area contributed by atoms with Crippen LogP contribution in [0.5, 0.6) is 5.75 Å². The minimum Gasteiger partial charge on any atom is -0.435 e. The maximum Gasteiger partial charge on any atom is 0.387 e. The van der Waals surface area contributed by atoms with E-state index in [-0.39, 0.29) is 12.0 Å². The molecule has 0 spiro atoms. The Morgan fingerprint density at radius 2 is 1.86 bits per heavy atom. The first-order chi connectivity index (χ1) is 10.7. The molecule has 2 rings (SSSR count). The van der Waals surface area contributed by atoms with Crippen molar-refractivity contribution in [3.8, 4) is 5.75 Å². The normalized spacial score (nSPS) is 22.7. The lowest BCUT2D eigenvalue weighted by molar-refractivity contribution is -0.146. The number of halogens is 2. The average molecular weight is 328 g/mol. The molecule has 0 amide bonds. The molecule has 0 unspecified atom stereocenters. The molecule has 1 aromatic rings. The van der Waals surface area contributed by atoms with Crippen LogP contribution in [0.2, 0.25) is 0 Å². The van der Waals surface area contributed by atoms with Gasteiger partial charge in [0.25, 0.3) is 0 Å². The molecule has 6 heteroatoms. The fourth-order valence-corrected chi connectivity index (χ4v) is 2.26. The molecule has 0 aliphatic carbocycles. The van der Waals surface area contributed by atoms with E-state index in [1.165, 1.54) is 12.1 Å². The van der Waals surface area contributed by atoms with Crippen LogP contribution in [0.4, 0.5) is 8.78 Å². The van der Waals surface area contributed by atoms with Crippen molar-refractivity contribution in [3.63, 3.8) is 0 Å². The van der Waals surface area contributed by atoms with E-state index in [1.807, 2.05) is 30.6 Å². The largest absolute Gasteiger partial charge is 0.435 e. The molecule has 1 heterocycles. The zero-order valence-electron chi connectivity index (χ0n) is 12.2. The standard InChI is InChI=1S/C16H18F2O3S/c1-22-14-10-19-15(20-11-14)5-3-2-4-12-6-8-13(9-7-12)21-16(17)18/h2-9,14-16H,10-11H2,1H3. The molecule has 1 aromatic carbocycles. The number of hydrogen-bond acceptors (Lipinski definition) is 4. The van der Waals surface area contributed by atoms with Gasteiger partial charge in [-0.15, -0.1) is 0 Å². The van der Waals surface area contributed by atoms with Crippen LogP contribution < -0.4 is 4.74 Å². The Hall–Kier alpha value is -1.37. The van der Waals surface area contributed by atoms with Crippen LogP contribution in [0, 0.1) is 0 Å². The van der Waals surface area contributed by atoms with Gasteiger partial charge < -0.3 is 14.2 Å². The molecule has 1 aliphatic heterocycles. The molecule has 1 saturated heterocycles. The maximum atomic E-state index is 12.0. The minimum atomic E-state index is -2.80. The number of rotatable bonds is 6. The molecule has 22 heavy (non-hydrogen) atoms. The van der Waals surface area contributed by atoms with E-state index in [0.717, 1.165) is 5.56 Å². The molecule has 120 valence electrons. The quantitative estimate of drug-likeness (QED) is 0.739. The number of thioether (sulfide) groups is 1. The molecule has 0 aromatic heterocycles. The van der Waals surface area contributed by atoms with Crippen molar-refractivity contribution in [2.75, 3.05) is 19.5 Å². The van der Waals surface area contributed by atoms with Crippen molar-refractivity contribution >= 4 is 17.8 Å². The highest BCUT2D eigenvalue weighted by Gasteiger charge is 2.18. The lowest BCUT2D eigenvalue weighted by Crippen LogP contribution is -2.32. The number of benzene rings is 1. The Balaban J connectivity index is 1.78. The molecule has 0 radical (unpaired) electrons. The fourth-order valence-electron chi connectivity index (χ4n) is 1.83. The first kappa shape index (κ1) is 17.0. The molecule has 3 nitrogen and oxygen atoms in total. The minimum absolute atomic E-state index is 0.148. The second-order valence-corrected chi connectivity index (χ2v) is 5.72. The van der Waals surface area contributed by atoms with Crippen molar-refractivity contribution in [1.29, 1.82) is 0 Å². The summed E-state index contributed by atoms with van der Waals surface area (Å²) < 4.78 is 39.4. The van der Waals surface area contributed by atoms with Crippen molar-refractivity contribution in [3.05, 3.63) is 48.1 Å². The van der Waals surface area contributed by atoms with Crippen LogP contribution in [-0.2, 0) is 9.47 Å². The van der Waals surface area contributed by atoms with Gasteiger partial charge in [-0.25, -0.2) is 0 Å². The SMILES string of the molecule is CSC1COC(C=CC=Cc2ccc(OC(F)F)cc2)OC1. The average Bonchev–Trinajstić information content (AvgIpc) is 2.53. The van der Waals surface area contributed by atoms with Crippen LogP contribution >= 0.6 is 11.8 Å². The summed E-state index contributed by atoms with van der Waals surface area (Å²) in [6, 6.07) is 6.42. The van der Waals surface area contributed by atoms with Crippen molar-refractivity contribution in [2.45, 2.75) is 18.2 Å². The summed E-state index contributed by atoms with van der Waals surface area (Å²) in [5.74, 6) is 0.148. The predicted molar refractivity (Wildman–Crippen MR) is 84.2 cm³/mol. The first-order valence-corrected chi connectivity index (χ1v) is 8.12. The third-order valence-corrected chi connectivity index (χ3v) is 3.94. The summed E-state index contributed by atoms with van der Waals surface area (Å²) >= 11 is 1.73. The second kappa shape index (κ2) is 8.92. The topological polar surface area (TPSA) is 27.7 Å². The van der Waals surface area contributed by atoms with Crippen molar-refractivity contribution < 1.29 is 23.0 Å². The van der Waals surface area contributed by atoms with Gasteiger partial charge in [0.2, 0.25) is 0 Å². The smallest absolute Gasteiger partial charge is 0.387 e. The molecule has 1 fully saturated rings. The Bertz CT molecular complexity index is 495. The number of allylic oxidation sites excluding steroid dienone is 2. The Kier molecular flexibility index (Phi) is 6.89. The highest BCUT2D eigenvalue weighted by Crippen LogP contribution is 2.17. The van der Waals surface area contributed by atoms with Crippen molar-refractivity contribution in [2.24, 2.45) is 0 Å². The van der Waals surface area contributed by atoms with Crippen LogP contribution in [0.1, 0.15) is 5.56 Å². The number of ether oxygens (including phenoxy) is 3. The Labute approximate surface area is 132 Å². The van der Waals surface area contributed by atoms with Crippen LogP contribution in [0.15, 0.2) is 42.5 Å². The van der Waals surface area contributed by atoms with Gasteiger partial charge in [0.15, 0.2) is 6.29 Å². The fraction of sp³-hybridized carbons (Fsp3) is 0.375. The molecule has 0 bridgehead atoms. The van der Waals surface area contributed by atoms with Gasteiger partial charge in [-0.1, -0.05) is 30.4 Å². The summed E-state index contributed by atoms with van der Waals surface area (Å²) in [5.41, 5.74) is 0.888. The first-order valence-electron chi connectivity index (χ1n) is 6.83. The van der Waals surface area contributed by atoms with Crippen LogP contribution in [0.25, 0.3) is 6.08 Å². The molecular weight excluding hydrogens is 310 g/mol. The maximum absolute atomic E-state index is 12.0. The molecule has 0 atom stereocenters. The Morgan fingerprint density at radius 3 is 2.45 bits per heavy atom. The molecule has 0 saturated carbocycles. The molecular formula is C16H18F2O3S. The highest BCUT2D eigenvalue weighted by molar-refractivity contribution is 7.99. The second-order valence-electron chi connectivity index (χ2n) is 4.58. The van der Waals surface area contributed by atoms with E-state index in [0.29, 0.717) is 18.5 Å². The lowest BCUT2D eigenvalue weighted by atomic mass is 10.2. The monoisotopic (exact) mass is 328 g/mol. The van der Waals surface area contributed by atoms with Crippen LogP contribution in [0.3, 0.4) is 0 Å². The van der Waals surface area contributed by atoms with E-state index >= 15 is 0 Å². The van der Waals surface area contributed by atoms with Gasteiger partial charge in [-0.3, -0.25) is 0 Å². The number of hydrogen-bond donors (Lipinski definition) is 0. The van der Waals surface area contributed by atoms with Crippen LogP contribution in [-0.4, -0.2) is 37.6 Å². The van der Waals surface area contributed by atoms with Gasteiger partial charge in [0, 0.05) is 0 Å². The predicted octanol–water partition coefficient (Wildman–Crippen LogP) is 3.96. The summed E-state index contributed by atoms with van der Waals surface area (Å²) in [7, 11) is 0. The van der Waals surface area contributed by atoms with Gasteiger partial charge in [0.05, 0.1) is 18.5 Å². The highest BCUT2D eigenvalue weighted by atomic mass is 32.2. The summed E-state index contributed by atoms with van der Waals surface area (Å²) in [4.78, 5) is 0. The zero-order valence-corrected chi connectivity index (χ0v) is 13.0. The summed E-state index contributed by atoms with van der Waals surface area (Å²) in [5, 5.41) is 0.397. The van der Waals surface area contributed by atoms with Gasteiger partial charge in [-0.2, -0.15) is 20.5 Å².